The summed E-state index contributed by atoms with van der Waals surface area (Å²) in [6, 6.07) is -1.08. The van der Waals surface area contributed by atoms with Crippen molar-refractivity contribution in [2.45, 2.75) is 231 Å². The molecule has 320 valence electrons. The fraction of sp³-hybridized carbons (Fsp3) is 0.771. The van der Waals surface area contributed by atoms with Crippen molar-refractivity contribution in [2.75, 3.05) is 5.75 Å². The highest BCUT2D eigenvalue weighted by atomic mass is 32.2. The lowest BCUT2D eigenvalue weighted by molar-refractivity contribution is -0.122. The molecule has 0 saturated carbocycles. The van der Waals surface area contributed by atoms with Crippen molar-refractivity contribution in [3.8, 4) is 0 Å². The summed E-state index contributed by atoms with van der Waals surface area (Å²) < 4.78 is 32.6. The van der Waals surface area contributed by atoms with Crippen LogP contribution >= 0.6 is 0 Å². The molecule has 0 rings (SSSR count). The van der Waals surface area contributed by atoms with E-state index in [0.29, 0.717) is 6.42 Å². The van der Waals surface area contributed by atoms with Crippen LogP contribution in [0.1, 0.15) is 219 Å². The second-order valence-corrected chi connectivity index (χ2v) is 17.2. The highest BCUT2D eigenvalue weighted by Gasteiger charge is 2.24. The minimum atomic E-state index is -4.36. The first-order valence-corrected chi connectivity index (χ1v) is 24.6. The maximum absolute atomic E-state index is 12.5. The molecule has 0 spiro atoms. The average Bonchev–Trinajstić information content (AvgIpc) is 3.15. The average molecular weight is 790 g/mol. The van der Waals surface area contributed by atoms with Gasteiger partial charge in [-0.3, -0.25) is 9.35 Å². The second-order valence-electron chi connectivity index (χ2n) is 15.7. The molecule has 0 aliphatic heterocycles. The van der Waals surface area contributed by atoms with Crippen LogP contribution in [0.2, 0.25) is 0 Å². The Morgan fingerprint density at radius 1 is 0.491 bits per heavy atom. The molecule has 0 aromatic heterocycles. The number of unbranched alkanes of at least 4 members (excludes halogenated alkanes) is 25. The molecule has 2 atom stereocenters. The van der Waals surface area contributed by atoms with Gasteiger partial charge in [-0.05, 0) is 77.0 Å². The molecule has 6 nitrogen and oxygen atoms in total. The van der Waals surface area contributed by atoms with Crippen LogP contribution in [0.15, 0.2) is 60.8 Å². The summed E-state index contributed by atoms with van der Waals surface area (Å²) >= 11 is 0. The highest BCUT2D eigenvalue weighted by molar-refractivity contribution is 7.85. The molecule has 0 heterocycles. The molecule has 0 aromatic carbocycles. The lowest BCUT2D eigenvalue weighted by Crippen LogP contribution is -2.46. The van der Waals surface area contributed by atoms with Crippen molar-refractivity contribution in [1.29, 1.82) is 0 Å². The number of carbonyl (C=O) groups excluding carboxylic acids is 1. The number of rotatable bonds is 41. The first kappa shape index (κ1) is 53.0. The Morgan fingerprint density at radius 3 is 1.25 bits per heavy atom. The molecule has 0 aliphatic rings. The van der Waals surface area contributed by atoms with Gasteiger partial charge in [0, 0.05) is 6.42 Å². The Labute approximate surface area is 341 Å². The summed E-state index contributed by atoms with van der Waals surface area (Å²) in [5.74, 6) is -1.02. The van der Waals surface area contributed by atoms with Gasteiger partial charge in [-0.1, -0.05) is 197 Å². The maximum atomic E-state index is 12.5. The number of aliphatic hydroxyl groups is 1. The van der Waals surface area contributed by atoms with Crippen LogP contribution in [-0.4, -0.2) is 41.9 Å². The summed E-state index contributed by atoms with van der Waals surface area (Å²) in [5, 5.41) is 13.2. The molecule has 0 aliphatic carbocycles. The van der Waals surface area contributed by atoms with Gasteiger partial charge in [-0.25, -0.2) is 0 Å². The van der Waals surface area contributed by atoms with Gasteiger partial charge in [-0.15, -0.1) is 0 Å². The zero-order valence-electron chi connectivity index (χ0n) is 35.8. The van der Waals surface area contributed by atoms with Gasteiger partial charge in [0.1, 0.15) is 0 Å². The van der Waals surface area contributed by atoms with Crippen molar-refractivity contribution in [3.63, 3.8) is 0 Å². The van der Waals surface area contributed by atoms with Crippen LogP contribution < -0.4 is 5.32 Å². The predicted molar refractivity (Wildman–Crippen MR) is 239 cm³/mol. The third-order valence-electron chi connectivity index (χ3n) is 10.1. The van der Waals surface area contributed by atoms with E-state index in [1.807, 2.05) is 0 Å². The third kappa shape index (κ3) is 43.0. The number of nitrogens with one attached hydrogen (secondary N) is 1. The van der Waals surface area contributed by atoms with Gasteiger partial charge in [0.05, 0.1) is 17.9 Å². The normalized spacial score (nSPS) is 13.7. The van der Waals surface area contributed by atoms with Gasteiger partial charge in [-0.2, -0.15) is 8.42 Å². The first-order chi connectivity index (χ1) is 26.8. The molecule has 1 amide bonds. The van der Waals surface area contributed by atoms with Crippen LogP contribution in [0.3, 0.4) is 0 Å². The molecule has 3 N–H and O–H groups in total. The topological polar surface area (TPSA) is 104 Å². The van der Waals surface area contributed by atoms with E-state index in [4.69, 9.17) is 0 Å². The number of hydrogen-bond donors (Lipinski definition) is 3. The lowest BCUT2D eigenvalue weighted by Gasteiger charge is -2.21. The number of allylic oxidation sites excluding steroid dienone is 9. The molecule has 7 heteroatoms. The molecular formula is C48H87NO5S. The monoisotopic (exact) mass is 790 g/mol. The molecular weight excluding hydrogens is 703 g/mol. The van der Waals surface area contributed by atoms with Crippen LogP contribution in [0.25, 0.3) is 0 Å². The Morgan fingerprint density at radius 2 is 0.836 bits per heavy atom. The predicted octanol–water partition coefficient (Wildman–Crippen LogP) is 14.0. The summed E-state index contributed by atoms with van der Waals surface area (Å²) in [6.45, 7) is 4.52. The molecule has 55 heavy (non-hydrogen) atoms. The summed E-state index contributed by atoms with van der Waals surface area (Å²) in [6.07, 6.45) is 57.8. The van der Waals surface area contributed by atoms with E-state index in [-0.39, 0.29) is 12.3 Å². The van der Waals surface area contributed by atoms with Crippen LogP contribution in [0.5, 0.6) is 0 Å². The van der Waals surface area contributed by atoms with Crippen molar-refractivity contribution < 1.29 is 22.9 Å². The highest BCUT2D eigenvalue weighted by Crippen LogP contribution is 2.14. The fourth-order valence-electron chi connectivity index (χ4n) is 6.69. The van der Waals surface area contributed by atoms with E-state index < -0.39 is 28.0 Å². The van der Waals surface area contributed by atoms with Crippen molar-refractivity contribution in [1.82, 2.24) is 5.32 Å². The van der Waals surface area contributed by atoms with Gasteiger partial charge in [0.2, 0.25) is 5.91 Å². The number of hydrogen-bond acceptors (Lipinski definition) is 4. The van der Waals surface area contributed by atoms with E-state index in [1.54, 1.807) is 6.08 Å². The van der Waals surface area contributed by atoms with Gasteiger partial charge >= 0.3 is 0 Å². The fourth-order valence-corrected chi connectivity index (χ4v) is 7.42. The Balaban J connectivity index is 3.95. The van der Waals surface area contributed by atoms with Gasteiger partial charge in [0.25, 0.3) is 10.1 Å². The Hall–Kier alpha value is -1.96. The lowest BCUT2D eigenvalue weighted by atomic mass is 10.1. The minimum absolute atomic E-state index is 0.278. The number of carbonyl (C=O) groups is 1. The van der Waals surface area contributed by atoms with Crippen LogP contribution in [0.4, 0.5) is 0 Å². The molecule has 0 radical (unpaired) electrons. The quantitative estimate of drug-likeness (QED) is 0.0325. The maximum Gasteiger partial charge on any atom is 0.267 e. The number of aliphatic hydroxyl groups excluding tert-OH is 1. The molecule has 0 bridgehead atoms. The molecule has 2 unspecified atom stereocenters. The summed E-state index contributed by atoms with van der Waals surface area (Å²) in [7, 11) is -4.36. The van der Waals surface area contributed by atoms with E-state index in [1.165, 1.54) is 147 Å². The standard InChI is InChI=1S/C48H87NO5S/c1-3-5-7-9-11-13-15-17-19-21-23-24-26-28-30-32-34-36-38-40-42-44-48(51)49-46(45-55(52,53)54)47(50)43-41-39-37-35-33-31-29-27-25-22-20-18-16-14-12-10-8-6-4-2/h15,17,21,23,25,27,33,35,41,43,46-47,50H,3-14,16,18-20,22,24,26,28-32,34,36-40,42,44-45H2,1-2H3,(H,49,51)(H,52,53,54)/b17-15-,23-21-,27-25+,35-33+,43-41+. The van der Waals surface area contributed by atoms with Crippen molar-refractivity contribution in [2.24, 2.45) is 0 Å². The van der Waals surface area contributed by atoms with Gasteiger partial charge in [0.15, 0.2) is 0 Å². The smallest absolute Gasteiger partial charge is 0.267 e. The Kier molecular flexibility index (Phi) is 40.2. The number of amides is 1. The van der Waals surface area contributed by atoms with Gasteiger partial charge < -0.3 is 10.4 Å². The molecule has 0 saturated heterocycles. The van der Waals surface area contributed by atoms with E-state index in [0.717, 1.165) is 51.4 Å². The van der Waals surface area contributed by atoms with E-state index >= 15 is 0 Å². The van der Waals surface area contributed by atoms with Crippen LogP contribution in [0, 0.1) is 0 Å². The summed E-state index contributed by atoms with van der Waals surface area (Å²) in [4.78, 5) is 12.5. The molecule has 0 fully saturated rings. The zero-order valence-corrected chi connectivity index (χ0v) is 36.6. The largest absolute Gasteiger partial charge is 0.387 e. The van der Waals surface area contributed by atoms with Crippen molar-refractivity contribution in [3.05, 3.63) is 60.8 Å². The third-order valence-corrected chi connectivity index (χ3v) is 10.9. The Bertz CT molecular complexity index is 1090. The zero-order chi connectivity index (χ0) is 40.3. The van der Waals surface area contributed by atoms with Crippen molar-refractivity contribution >= 4 is 16.0 Å². The molecule has 0 aromatic rings. The SMILES string of the molecule is CCCCCCC/C=C\C/C=C\CCCCCCCCCCCC(=O)NC(CS(=O)(=O)O)C(O)/C=C/CC/C=C/CC/C=C/CCCCCCCCCCC. The van der Waals surface area contributed by atoms with E-state index in [9.17, 15) is 22.9 Å². The summed E-state index contributed by atoms with van der Waals surface area (Å²) in [5.41, 5.74) is 0. The minimum Gasteiger partial charge on any atom is -0.387 e. The van der Waals surface area contributed by atoms with Crippen LogP contribution in [-0.2, 0) is 14.9 Å². The van der Waals surface area contributed by atoms with E-state index in [2.05, 4.69) is 67.8 Å². The first-order valence-electron chi connectivity index (χ1n) is 23.0. The second kappa shape index (κ2) is 41.7.